The van der Waals surface area contributed by atoms with Crippen LogP contribution in [-0.2, 0) is 4.79 Å². The van der Waals surface area contributed by atoms with Crippen molar-refractivity contribution >= 4 is 29.7 Å². The maximum atomic E-state index is 12.5. The highest BCUT2D eigenvalue weighted by molar-refractivity contribution is 6.30. The number of carbonyl (C=O) groups excluding carboxylic acids is 2. The Morgan fingerprint density at radius 2 is 1.47 bits per heavy atom. The fourth-order valence-corrected chi connectivity index (χ4v) is 3.42. The molecule has 0 aliphatic rings. The number of ether oxygens (including phenoxy) is 2. The Kier molecular flexibility index (Phi) is 8.11. The van der Waals surface area contributed by atoms with E-state index in [-0.39, 0.29) is 0 Å². The molecule has 0 aromatic heterocycles. The van der Waals surface area contributed by atoms with E-state index in [4.69, 9.17) is 21.1 Å². The number of hydrazone groups is 1. The number of hydrogen-bond donors (Lipinski definition) is 1. The van der Waals surface area contributed by atoms with Gasteiger partial charge in [-0.15, -0.1) is 0 Å². The molecule has 180 valence electrons. The summed E-state index contributed by atoms with van der Waals surface area (Å²) in [5, 5.41) is 4.52. The fraction of sp³-hybridized carbons (Fsp3) is 0.0690. The van der Waals surface area contributed by atoms with E-state index < -0.39 is 18.0 Å². The second-order valence-corrected chi connectivity index (χ2v) is 8.26. The smallest absolute Gasteiger partial charge is 0.343 e. The van der Waals surface area contributed by atoms with Crippen LogP contribution in [0.3, 0.4) is 0 Å². The van der Waals surface area contributed by atoms with Gasteiger partial charge in [-0.05, 0) is 66.6 Å². The molecule has 0 heterocycles. The number of rotatable bonds is 8. The van der Waals surface area contributed by atoms with Gasteiger partial charge in [-0.25, -0.2) is 10.2 Å². The van der Waals surface area contributed by atoms with Gasteiger partial charge in [0.2, 0.25) is 0 Å². The first-order valence-electron chi connectivity index (χ1n) is 11.2. The van der Waals surface area contributed by atoms with Crippen LogP contribution in [0.1, 0.15) is 22.8 Å². The Balaban J connectivity index is 1.33. The summed E-state index contributed by atoms with van der Waals surface area (Å²) in [6.07, 6.45) is 0.631. The second-order valence-electron chi connectivity index (χ2n) is 7.82. The van der Waals surface area contributed by atoms with Crippen molar-refractivity contribution < 1.29 is 19.1 Å². The number of carbonyl (C=O) groups is 2. The molecule has 1 N–H and O–H groups in total. The molecule has 6 nitrogen and oxygen atoms in total. The zero-order valence-corrected chi connectivity index (χ0v) is 20.2. The molecule has 0 spiro atoms. The van der Waals surface area contributed by atoms with Crippen LogP contribution in [0.4, 0.5) is 0 Å². The molecule has 4 aromatic carbocycles. The summed E-state index contributed by atoms with van der Waals surface area (Å²) in [7, 11) is 0. The molecule has 1 atom stereocenters. The van der Waals surface area contributed by atoms with E-state index >= 15 is 0 Å². The van der Waals surface area contributed by atoms with Gasteiger partial charge in [-0.1, -0.05) is 66.2 Å². The first kappa shape index (κ1) is 24.7. The van der Waals surface area contributed by atoms with Crippen molar-refractivity contribution in [1.82, 2.24) is 5.43 Å². The van der Waals surface area contributed by atoms with Crippen molar-refractivity contribution in [3.63, 3.8) is 0 Å². The van der Waals surface area contributed by atoms with Crippen molar-refractivity contribution in [2.75, 3.05) is 0 Å². The third-order valence-corrected chi connectivity index (χ3v) is 5.48. The lowest BCUT2D eigenvalue weighted by Crippen LogP contribution is -2.33. The van der Waals surface area contributed by atoms with Crippen molar-refractivity contribution in [2.24, 2.45) is 5.10 Å². The van der Waals surface area contributed by atoms with Gasteiger partial charge in [-0.2, -0.15) is 5.10 Å². The SMILES string of the molecule is C[C@H](Oc1ccc(-c2ccccc2)cc1)C(=O)N/N=C\c1ccccc1OC(=O)c1ccc(Cl)cc1. The molecule has 0 saturated carbocycles. The molecule has 1 amide bonds. The first-order valence-corrected chi connectivity index (χ1v) is 11.6. The van der Waals surface area contributed by atoms with E-state index in [9.17, 15) is 9.59 Å². The van der Waals surface area contributed by atoms with Gasteiger partial charge in [0.05, 0.1) is 11.8 Å². The number of nitrogens with zero attached hydrogens (tertiary/aromatic N) is 1. The van der Waals surface area contributed by atoms with Crippen LogP contribution in [0.2, 0.25) is 5.02 Å². The quantitative estimate of drug-likeness (QED) is 0.137. The van der Waals surface area contributed by atoms with E-state index in [0.29, 0.717) is 27.6 Å². The van der Waals surface area contributed by atoms with Gasteiger partial charge in [0.1, 0.15) is 11.5 Å². The average molecular weight is 499 g/mol. The molecule has 7 heteroatoms. The van der Waals surface area contributed by atoms with Gasteiger partial charge < -0.3 is 9.47 Å². The van der Waals surface area contributed by atoms with Gasteiger partial charge in [0, 0.05) is 10.6 Å². The molecule has 0 aliphatic carbocycles. The molecular formula is C29H23ClN2O4. The minimum Gasteiger partial charge on any atom is -0.481 e. The number of para-hydroxylation sites is 1. The minimum absolute atomic E-state index is 0.304. The molecule has 0 bridgehead atoms. The van der Waals surface area contributed by atoms with Crippen LogP contribution in [0.15, 0.2) is 108 Å². The van der Waals surface area contributed by atoms with Crippen LogP contribution < -0.4 is 14.9 Å². The standard InChI is InChI=1S/C29H23ClN2O4/c1-20(35-26-17-13-22(14-18-26)21-7-3-2-4-8-21)28(33)32-31-19-24-9-5-6-10-27(24)36-29(34)23-11-15-25(30)16-12-23/h2-20H,1H3,(H,32,33)/b31-19-/t20-/m0/s1. The van der Waals surface area contributed by atoms with Crippen LogP contribution in [-0.4, -0.2) is 24.2 Å². The normalized spacial score (nSPS) is 11.6. The molecular weight excluding hydrogens is 476 g/mol. The molecule has 0 radical (unpaired) electrons. The van der Waals surface area contributed by atoms with Crippen LogP contribution in [0.5, 0.6) is 11.5 Å². The lowest BCUT2D eigenvalue weighted by molar-refractivity contribution is -0.127. The van der Waals surface area contributed by atoms with E-state index in [1.165, 1.54) is 6.21 Å². The number of hydrogen-bond acceptors (Lipinski definition) is 5. The van der Waals surface area contributed by atoms with Gasteiger partial charge in [0.25, 0.3) is 5.91 Å². The Morgan fingerprint density at radius 1 is 0.833 bits per heavy atom. The Labute approximate surface area is 214 Å². The zero-order valence-electron chi connectivity index (χ0n) is 19.4. The summed E-state index contributed by atoms with van der Waals surface area (Å²) in [6.45, 7) is 1.64. The fourth-order valence-electron chi connectivity index (χ4n) is 3.30. The maximum absolute atomic E-state index is 12.5. The maximum Gasteiger partial charge on any atom is 0.343 e. The lowest BCUT2D eigenvalue weighted by atomic mass is 10.1. The van der Waals surface area contributed by atoms with Crippen molar-refractivity contribution in [3.8, 4) is 22.6 Å². The molecule has 0 aliphatic heterocycles. The van der Waals surface area contributed by atoms with E-state index in [2.05, 4.69) is 10.5 Å². The number of benzene rings is 4. The largest absolute Gasteiger partial charge is 0.481 e. The zero-order chi connectivity index (χ0) is 25.3. The number of nitrogens with one attached hydrogen (secondary N) is 1. The predicted molar refractivity (Wildman–Crippen MR) is 141 cm³/mol. The highest BCUT2D eigenvalue weighted by Crippen LogP contribution is 2.23. The number of halogens is 1. The Hall–Kier alpha value is -4.42. The van der Waals surface area contributed by atoms with E-state index in [0.717, 1.165) is 11.1 Å². The number of esters is 1. The van der Waals surface area contributed by atoms with Gasteiger partial charge >= 0.3 is 5.97 Å². The van der Waals surface area contributed by atoms with Crippen LogP contribution in [0.25, 0.3) is 11.1 Å². The summed E-state index contributed by atoms with van der Waals surface area (Å²) < 4.78 is 11.2. The highest BCUT2D eigenvalue weighted by Gasteiger charge is 2.15. The van der Waals surface area contributed by atoms with E-state index in [1.807, 2.05) is 54.6 Å². The molecule has 0 saturated heterocycles. The summed E-state index contributed by atoms with van der Waals surface area (Å²) in [5.74, 6) is -0.0788. The van der Waals surface area contributed by atoms with Gasteiger partial charge in [-0.3, -0.25) is 4.79 Å². The highest BCUT2D eigenvalue weighted by atomic mass is 35.5. The third-order valence-electron chi connectivity index (χ3n) is 5.22. The Morgan fingerprint density at radius 3 is 2.19 bits per heavy atom. The van der Waals surface area contributed by atoms with Crippen molar-refractivity contribution in [2.45, 2.75) is 13.0 Å². The number of amides is 1. The van der Waals surface area contributed by atoms with Crippen LogP contribution in [0, 0.1) is 0 Å². The lowest BCUT2D eigenvalue weighted by Gasteiger charge is -2.13. The van der Waals surface area contributed by atoms with Crippen LogP contribution >= 0.6 is 11.6 Å². The summed E-state index contributed by atoms with van der Waals surface area (Å²) in [6, 6.07) is 30.8. The summed E-state index contributed by atoms with van der Waals surface area (Å²) in [4.78, 5) is 24.9. The second kappa shape index (κ2) is 11.8. The summed E-state index contributed by atoms with van der Waals surface area (Å²) in [5.41, 5.74) is 5.49. The molecule has 4 aromatic rings. The monoisotopic (exact) mass is 498 g/mol. The van der Waals surface area contributed by atoms with Crippen molar-refractivity contribution in [1.29, 1.82) is 0 Å². The Bertz CT molecular complexity index is 1350. The van der Waals surface area contributed by atoms with Gasteiger partial charge in [0.15, 0.2) is 6.10 Å². The predicted octanol–water partition coefficient (Wildman–Crippen LogP) is 6.14. The molecule has 36 heavy (non-hydrogen) atoms. The molecule has 0 fully saturated rings. The first-order chi connectivity index (χ1) is 17.5. The third kappa shape index (κ3) is 6.58. The molecule has 0 unspecified atom stereocenters. The topological polar surface area (TPSA) is 77.0 Å². The van der Waals surface area contributed by atoms with E-state index in [1.54, 1.807) is 55.5 Å². The molecule has 4 rings (SSSR count). The minimum atomic E-state index is -0.775. The van der Waals surface area contributed by atoms with Crippen molar-refractivity contribution in [3.05, 3.63) is 119 Å². The summed E-state index contributed by atoms with van der Waals surface area (Å²) >= 11 is 5.87. The average Bonchev–Trinajstić information content (AvgIpc) is 2.91.